The maximum Gasteiger partial charge on any atom is 0.263 e. The Morgan fingerprint density at radius 1 is 0.909 bits per heavy atom. The van der Waals surface area contributed by atoms with E-state index in [9.17, 15) is 13.2 Å². The molecule has 2 aromatic heterocycles. The lowest BCUT2D eigenvalue weighted by Gasteiger charge is -2.17. The molecule has 0 spiro atoms. The van der Waals surface area contributed by atoms with E-state index >= 15 is 0 Å². The van der Waals surface area contributed by atoms with E-state index in [4.69, 9.17) is 0 Å². The Morgan fingerprint density at radius 2 is 1.67 bits per heavy atom. The highest BCUT2D eigenvalue weighted by Gasteiger charge is 2.20. The summed E-state index contributed by atoms with van der Waals surface area (Å²) < 4.78 is 27.5. The number of carbonyl (C=O) groups excluding carboxylic acids is 1. The van der Waals surface area contributed by atoms with Crippen LogP contribution >= 0.6 is 0 Å². The van der Waals surface area contributed by atoms with Gasteiger partial charge in [-0.15, -0.1) is 0 Å². The lowest BCUT2D eigenvalue weighted by atomic mass is 9.96. The summed E-state index contributed by atoms with van der Waals surface area (Å²) in [5, 5.41) is 9.02. The summed E-state index contributed by atoms with van der Waals surface area (Å²) in [5.74, 6) is 1.16. The zero-order valence-corrected chi connectivity index (χ0v) is 19.5. The average Bonchev–Trinajstić information content (AvgIpc) is 2.77. The van der Waals surface area contributed by atoms with E-state index in [-0.39, 0.29) is 16.6 Å². The standard InChI is InChI=1S/C22H27N7O3S/c1-22(2,3)20(30)24-14-15-26-21-25-13-11-19(28-21)27-16-7-9-17(10-8-16)33(31,32)29-18-6-4-5-12-23-18/h4-13H,14-15H2,1-3H3,(H,23,29)(H,24,30)(H2,25,26,27,28). The van der Waals surface area contributed by atoms with Crippen LogP contribution in [0.15, 0.2) is 65.8 Å². The van der Waals surface area contributed by atoms with Crippen molar-refractivity contribution in [3.63, 3.8) is 0 Å². The van der Waals surface area contributed by atoms with E-state index in [1.54, 1.807) is 42.6 Å². The summed E-state index contributed by atoms with van der Waals surface area (Å²) in [7, 11) is -3.74. The van der Waals surface area contributed by atoms with Gasteiger partial charge in [0, 0.05) is 36.6 Å². The van der Waals surface area contributed by atoms with Crippen LogP contribution in [0.4, 0.5) is 23.3 Å². The highest BCUT2D eigenvalue weighted by Crippen LogP contribution is 2.20. The summed E-state index contributed by atoms with van der Waals surface area (Å²) in [4.78, 5) is 24.5. The Kier molecular flexibility index (Phi) is 7.44. The van der Waals surface area contributed by atoms with Crippen LogP contribution in [0.3, 0.4) is 0 Å². The van der Waals surface area contributed by atoms with Crippen LogP contribution in [-0.2, 0) is 14.8 Å². The Balaban J connectivity index is 1.56. The number of carbonyl (C=O) groups is 1. The van der Waals surface area contributed by atoms with Crippen molar-refractivity contribution < 1.29 is 13.2 Å². The Labute approximate surface area is 193 Å². The van der Waals surface area contributed by atoms with Crippen molar-refractivity contribution in [1.29, 1.82) is 0 Å². The molecule has 10 nitrogen and oxygen atoms in total. The molecule has 174 valence electrons. The first kappa shape index (κ1) is 23.9. The molecule has 0 atom stereocenters. The molecule has 0 saturated heterocycles. The largest absolute Gasteiger partial charge is 0.354 e. The summed E-state index contributed by atoms with van der Waals surface area (Å²) in [6.45, 7) is 6.48. The summed E-state index contributed by atoms with van der Waals surface area (Å²) in [6.07, 6.45) is 3.11. The van der Waals surface area contributed by atoms with Gasteiger partial charge in [-0.25, -0.2) is 18.4 Å². The van der Waals surface area contributed by atoms with E-state index in [2.05, 4.69) is 35.6 Å². The fourth-order valence-electron chi connectivity index (χ4n) is 2.61. The monoisotopic (exact) mass is 469 g/mol. The molecule has 0 aliphatic rings. The Hall–Kier alpha value is -3.73. The number of hydrogen-bond donors (Lipinski definition) is 4. The zero-order valence-electron chi connectivity index (χ0n) is 18.7. The fourth-order valence-corrected chi connectivity index (χ4v) is 3.62. The van der Waals surface area contributed by atoms with Crippen LogP contribution < -0.4 is 20.7 Å². The number of anilines is 4. The molecule has 0 unspecified atom stereocenters. The molecule has 1 amide bonds. The van der Waals surface area contributed by atoms with Gasteiger partial charge in [0.05, 0.1) is 4.90 Å². The fraction of sp³-hybridized carbons (Fsp3) is 0.273. The van der Waals surface area contributed by atoms with Crippen molar-refractivity contribution in [2.75, 3.05) is 28.4 Å². The molecule has 3 rings (SSSR count). The van der Waals surface area contributed by atoms with Gasteiger partial charge in [-0.2, -0.15) is 4.98 Å². The number of hydrogen-bond acceptors (Lipinski definition) is 8. The second kappa shape index (κ2) is 10.3. The van der Waals surface area contributed by atoms with Gasteiger partial charge in [-0.1, -0.05) is 26.8 Å². The number of pyridine rings is 1. The van der Waals surface area contributed by atoms with Crippen molar-refractivity contribution in [3.05, 3.63) is 60.9 Å². The zero-order chi connectivity index (χ0) is 23.9. The van der Waals surface area contributed by atoms with Gasteiger partial charge in [0.25, 0.3) is 10.0 Å². The molecule has 2 heterocycles. The van der Waals surface area contributed by atoms with E-state index in [0.29, 0.717) is 30.5 Å². The molecule has 3 aromatic rings. The molecular weight excluding hydrogens is 442 g/mol. The molecular formula is C22H27N7O3S. The van der Waals surface area contributed by atoms with Gasteiger partial charge in [0.15, 0.2) is 0 Å². The molecule has 4 N–H and O–H groups in total. The smallest absolute Gasteiger partial charge is 0.263 e. The SMILES string of the molecule is CC(C)(C)C(=O)NCCNc1nccc(Nc2ccc(S(=O)(=O)Nc3ccccn3)cc2)n1. The maximum atomic E-state index is 12.5. The molecule has 0 radical (unpaired) electrons. The van der Waals surface area contributed by atoms with Crippen LogP contribution in [0.1, 0.15) is 20.8 Å². The quantitative estimate of drug-likeness (QED) is 0.351. The highest BCUT2D eigenvalue weighted by molar-refractivity contribution is 7.92. The minimum Gasteiger partial charge on any atom is -0.354 e. The predicted octanol–water partition coefficient (Wildman–Crippen LogP) is 2.99. The predicted molar refractivity (Wildman–Crippen MR) is 128 cm³/mol. The maximum absolute atomic E-state index is 12.5. The second-order valence-electron chi connectivity index (χ2n) is 8.17. The third-order valence-corrected chi connectivity index (χ3v) is 5.74. The van der Waals surface area contributed by atoms with E-state index in [1.807, 2.05) is 20.8 Å². The lowest BCUT2D eigenvalue weighted by Crippen LogP contribution is -2.37. The number of aromatic nitrogens is 3. The van der Waals surface area contributed by atoms with Crippen molar-refractivity contribution in [2.45, 2.75) is 25.7 Å². The topological polar surface area (TPSA) is 138 Å². The number of rotatable bonds is 9. The van der Waals surface area contributed by atoms with Crippen LogP contribution in [0.25, 0.3) is 0 Å². The Bertz CT molecular complexity index is 1180. The normalized spacial score (nSPS) is 11.5. The van der Waals surface area contributed by atoms with Gasteiger partial charge in [-0.05, 0) is 42.5 Å². The Morgan fingerprint density at radius 3 is 2.33 bits per heavy atom. The van der Waals surface area contributed by atoms with Crippen LogP contribution in [0.2, 0.25) is 0 Å². The number of sulfonamides is 1. The molecule has 0 fully saturated rings. The third kappa shape index (κ3) is 7.14. The van der Waals surface area contributed by atoms with E-state index < -0.39 is 15.4 Å². The van der Waals surface area contributed by atoms with Gasteiger partial charge in [-0.3, -0.25) is 9.52 Å². The van der Waals surface area contributed by atoms with Crippen molar-refractivity contribution in [3.8, 4) is 0 Å². The average molecular weight is 470 g/mol. The highest BCUT2D eigenvalue weighted by atomic mass is 32.2. The summed E-state index contributed by atoms with van der Waals surface area (Å²) in [5.41, 5.74) is 0.220. The first-order valence-corrected chi connectivity index (χ1v) is 11.8. The first-order chi connectivity index (χ1) is 15.6. The van der Waals surface area contributed by atoms with Crippen LogP contribution in [0, 0.1) is 5.41 Å². The molecule has 0 saturated carbocycles. The number of nitrogens with one attached hydrogen (secondary N) is 4. The molecule has 0 bridgehead atoms. The molecule has 11 heteroatoms. The van der Waals surface area contributed by atoms with Crippen LogP contribution in [-0.4, -0.2) is 42.4 Å². The summed E-state index contributed by atoms with van der Waals surface area (Å²) >= 11 is 0. The molecule has 0 aliphatic carbocycles. The van der Waals surface area contributed by atoms with Gasteiger partial charge >= 0.3 is 0 Å². The minimum atomic E-state index is -3.74. The van der Waals surface area contributed by atoms with Crippen molar-refractivity contribution in [2.24, 2.45) is 5.41 Å². The number of benzene rings is 1. The number of nitrogens with zero attached hydrogens (tertiary/aromatic N) is 3. The molecule has 0 aliphatic heterocycles. The van der Waals surface area contributed by atoms with Gasteiger partial charge < -0.3 is 16.0 Å². The van der Waals surface area contributed by atoms with E-state index in [0.717, 1.165) is 0 Å². The van der Waals surface area contributed by atoms with Crippen molar-refractivity contribution in [1.82, 2.24) is 20.3 Å². The molecule has 33 heavy (non-hydrogen) atoms. The van der Waals surface area contributed by atoms with Crippen LogP contribution in [0.5, 0.6) is 0 Å². The number of amides is 1. The minimum absolute atomic E-state index is 0.0265. The van der Waals surface area contributed by atoms with Gasteiger partial charge in [0.2, 0.25) is 11.9 Å². The first-order valence-electron chi connectivity index (χ1n) is 10.3. The second-order valence-corrected chi connectivity index (χ2v) is 9.85. The van der Waals surface area contributed by atoms with Gasteiger partial charge in [0.1, 0.15) is 11.6 Å². The lowest BCUT2D eigenvalue weighted by molar-refractivity contribution is -0.128. The van der Waals surface area contributed by atoms with Crippen molar-refractivity contribution >= 4 is 39.2 Å². The van der Waals surface area contributed by atoms with E-state index in [1.165, 1.54) is 18.3 Å². The third-order valence-electron chi connectivity index (χ3n) is 4.37. The molecule has 1 aromatic carbocycles. The summed E-state index contributed by atoms with van der Waals surface area (Å²) in [6, 6.07) is 12.9.